The van der Waals surface area contributed by atoms with Crippen molar-refractivity contribution in [3.8, 4) is 0 Å². The van der Waals surface area contributed by atoms with E-state index in [-0.39, 0.29) is 12.0 Å². The number of aliphatic hydroxyl groups excluding tert-OH is 1. The molecule has 0 unspecified atom stereocenters. The Morgan fingerprint density at radius 1 is 1.25 bits per heavy atom. The van der Waals surface area contributed by atoms with Gasteiger partial charge in [0.1, 0.15) is 6.54 Å². The van der Waals surface area contributed by atoms with E-state index in [1.54, 1.807) is 0 Å². The Hall–Kier alpha value is -1.81. The number of likely N-dealkylation sites (tertiary alicyclic amines) is 1. The smallest absolute Gasteiger partial charge is 0.242 e. The van der Waals surface area contributed by atoms with E-state index in [4.69, 9.17) is 0 Å². The van der Waals surface area contributed by atoms with Gasteiger partial charge in [-0.25, -0.2) is 0 Å². The SMILES string of the molecule is O=C(Cn1ccc2ccccc21)N1C[C@H]2C[C@H](O)[C@H]2C1. The third kappa shape index (κ3) is 1.75. The minimum absolute atomic E-state index is 0.160. The maximum Gasteiger partial charge on any atom is 0.242 e. The van der Waals surface area contributed by atoms with E-state index in [1.165, 1.54) is 0 Å². The summed E-state index contributed by atoms with van der Waals surface area (Å²) in [7, 11) is 0. The number of aromatic nitrogens is 1. The first-order chi connectivity index (χ1) is 9.72. The monoisotopic (exact) mass is 270 g/mol. The Morgan fingerprint density at radius 3 is 2.90 bits per heavy atom. The summed E-state index contributed by atoms with van der Waals surface area (Å²) < 4.78 is 2.01. The Balaban J connectivity index is 1.50. The number of amides is 1. The summed E-state index contributed by atoms with van der Waals surface area (Å²) >= 11 is 0. The molecule has 1 aliphatic carbocycles. The molecule has 20 heavy (non-hydrogen) atoms. The summed E-state index contributed by atoms with van der Waals surface area (Å²) in [6.45, 7) is 1.94. The fourth-order valence-electron chi connectivity index (χ4n) is 3.60. The van der Waals surface area contributed by atoms with Crippen molar-refractivity contribution in [1.82, 2.24) is 9.47 Å². The van der Waals surface area contributed by atoms with Gasteiger partial charge in [0.2, 0.25) is 5.91 Å². The standard InChI is InChI=1S/C16H18N2O2/c19-15-7-12-8-18(9-13(12)15)16(20)10-17-6-5-11-3-1-2-4-14(11)17/h1-6,12-13,15,19H,7-10H2/t12-,13+,15+/m1/s1. The summed E-state index contributed by atoms with van der Waals surface area (Å²) in [5, 5.41) is 10.8. The van der Waals surface area contributed by atoms with Crippen molar-refractivity contribution >= 4 is 16.8 Å². The highest BCUT2D eigenvalue weighted by Crippen LogP contribution is 2.40. The van der Waals surface area contributed by atoms with Crippen molar-refractivity contribution in [3.05, 3.63) is 36.5 Å². The van der Waals surface area contributed by atoms with Gasteiger partial charge in [-0.15, -0.1) is 0 Å². The number of rotatable bonds is 2. The van der Waals surface area contributed by atoms with Crippen molar-refractivity contribution in [3.63, 3.8) is 0 Å². The molecule has 1 saturated heterocycles. The molecule has 4 rings (SSSR count). The molecule has 1 amide bonds. The summed E-state index contributed by atoms with van der Waals surface area (Å²) in [4.78, 5) is 14.3. The molecule has 4 nitrogen and oxygen atoms in total. The van der Waals surface area contributed by atoms with Crippen LogP contribution in [0.25, 0.3) is 10.9 Å². The third-order valence-electron chi connectivity index (χ3n) is 4.87. The lowest BCUT2D eigenvalue weighted by atomic mass is 9.74. The lowest BCUT2D eigenvalue weighted by molar-refractivity contribution is -0.130. The third-order valence-corrected chi connectivity index (χ3v) is 4.87. The zero-order valence-corrected chi connectivity index (χ0v) is 11.3. The fraction of sp³-hybridized carbons (Fsp3) is 0.438. The molecule has 1 aliphatic heterocycles. The second kappa shape index (κ2) is 4.35. The van der Waals surface area contributed by atoms with Crippen molar-refractivity contribution < 1.29 is 9.90 Å². The Morgan fingerprint density at radius 2 is 2.10 bits per heavy atom. The number of hydrogen-bond acceptors (Lipinski definition) is 2. The molecule has 4 heteroatoms. The minimum atomic E-state index is -0.190. The normalized spacial score (nSPS) is 28.4. The van der Waals surface area contributed by atoms with Gasteiger partial charge >= 0.3 is 0 Å². The first kappa shape index (κ1) is 12.0. The van der Waals surface area contributed by atoms with E-state index < -0.39 is 0 Å². The summed E-state index contributed by atoms with van der Waals surface area (Å²) in [5.74, 6) is 1.00. The molecule has 1 aromatic heterocycles. The zero-order chi connectivity index (χ0) is 13.7. The van der Waals surface area contributed by atoms with Gasteiger partial charge in [-0.2, -0.15) is 0 Å². The average Bonchev–Trinajstić information content (AvgIpc) is 3.00. The molecule has 3 atom stereocenters. The second-order valence-electron chi connectivity index (χ2n) is 6.03. The number of benzene rings is 1. The van der Waals surface area contributed by atoms with Crippen LogP contribution in [0.3, 0.4) is 0 Å². The number of carbonyl (C=O) groups excluding carboxylic acids is 1. The topological polar surface area (TPSA) is 45.5 Å². The van der Waals surface area contributed by atoms with Crippen LogP contribution in [0.4, 0.5) is 0 Å². The maximum absolute atomic E-state index is 12.4. The first-order valence-electron chi connectivity index (χ1n) is 7.22. The van der Waals surface area contributed by atoms with Crippen LogP contribution in [0.2, 0.25) is 0 Å². The van der Waals surface area contributed by atoms with Crippen molar-refractivity contribution in [2.24, 2.45) is 11.8 Å². The number of hydrogen-bond donors (Lipinski definition) is 1. The summed E-state index contributed by atoms with van der Waals surface area (Å²) in [6.07, 6.45) is 2.65. The molecule has 0 spiro atoms. The van der Waals surface area contributed by atoms with Crippen molar-refractivity contribution in [2.75, 3.05) is 13.1 Å². The van der Waals surface area contributed by atoms with Gasteiger partial charge in [-0.3, -0.25) is 4.79 Å². The van der Waals surface area contributed by atoms with Gasteiger partial charge in [0.25, 0.3) is 0 Å². The van der Waals surface area contributed by atoms with Gasteiger partial charge in [0.15, 0.2) is 0 Å². The quantitative estimate of drug-likeness (QED) is 0.898. The van der Waals surface area contributed by atoms with Crippen LogP contribution in [0.5, 0.6) is 0 Å². The summed E-state index contributed by atoms with van der Waals surface area (Å²) in [5.41, 5.74) is 1.10. The van der Waals surface area contributed by atoms with Gasteiger partial charge in [0.05, 0.1) is 6.10 Å². The largest absolute Gasteiger partial charge is 0.393 e. The number of aliphatic hydroxyl groups is 1. The van der Waals surface area contributed by atoms with E-state index in [0.717, 1.165) is 30.4 Å². The van der Waals surface area contributed by atoms with Crippen LogP contribution in [0.15, 0.2) is 36.5 Å². The first-order valence-corrected chi connectivity index (χ1v) is 7.22. The zero-order valence-electron chi connectivity index (χ0n) is 11.3. The molecule has 104 valence electrons. The second-order valence-corrected chi connectivity index (χ2v) is 6.03. The molecule has 1 saturated carbocycles. The number of para-hydroxylation sites is 1. The van der Waals surface area contributed by atoms with Crippen LogP contribution in [-0.4, -0.2) is 39.7 Å². The van der Waals surface area contributed by atoms with Crippen LogP contribution >= 0.6 is 0 Å². The number of fused-ring (bicyclic) bond motifs is 2. The molecule has 2 fully saturated rings. The van der Waals surface area contributed by atoms with E-state index in [9.17, 15) is 9.90 Å². The maximum atomic E-state index is 12.4. The van der Waals surface area contributed by atoms with Crippen molar-refractivity contribution in [1.29, 1.82) is 0 Å². The van der Waals surface area contributed by atoms with Gasteiger partial charge in [-0.1, -0.05) is 18.2 Å². The van der Waals surface area contributed by atoms with Crippen LogP contribution in [-0.2, 0) is 11.3 Å². The molecule has 2 aromatic rings. The van der Waals surface area contributed by atoms with E-state index in [2.05, 4.69) is 6.07 Å². The van der Waals surface area contributed by atoms with E-state index >= 15 is 0 Å². The lowest BCUT2D eigenvalue weighted by Gasteiger charge is -2.34. The Labute approximate surface area is 117 Å². The van der Waals surface area contributed by atoms with Crippen LogP contribution in [0, 0.1) is 11.8 Å². The molecule has 0 bridgehead atoms. The number of carbonyl (C=O) groups is 1. The van der Waals surface area contributed by atoms with Gasteiger partial charge < -0.3 is 14.6 Å². The molecule has 1 N–H and O–H groups in total. The predicted molar refractivity (Wildman–Crippen MR) is 76.1 cm³/mol. The lowest BCUT2D eigenvalue weighted by Crippen LogP contribution is -2.40. The van der Waals surface area contributed by atoms with Crippen LogP contribution < -0.4 is 0 Å². The minimum Gasteiger partial charge on any atom is -0.393 e. The Kier molecular flexibility index (Phi) is 2.60. The van der Waals surface area contributed by atoms with Crippen molar-refractivity contribution in [2.45, 2.75) is 19.1 Å². The van der Waals surface area contributed by atoms with Gasteiger partial charge in [-0.05, 0) is 29.9 Å². The highest BCUT2D eigenvalue weighted by atomic mass is 16.3. The molecule has 2 heterocycles. The molecule has 2 aliphatic rings. The average molecular weight is 270 g/mol. The van der Waals surface area contributed by atoms with Crippen LogP contribution in [0.1, 0.15) is 6.42 Å². The molecule has 1 aromatic carbocycles. The summed E-state index contributed by atoms with van der Waals surface area (Å²) in [6, 6.07) is 10.1. The molecular weight excluding hydrogens is 252 g/mol. The van der Waals surface area contributed by atoms with E-state index in [0.29, 0.717) is 18.4 Å². The molecular formula is C16H18N2O2. The highest BCUT2D eigenvalue weighted by Gasteiger charge is 2.47. The fourth-order valence-corrected chi connectivity index (χ4v) is 3.60. The van der Waals surface area contributed by atoms with Gasteiger partial charge in [0, 0.05) is 30.7 Å². The van der Waals surface area contributed by atoms with E-state index in [1.807, 2.05) is 39.9 Å². The Bertz CT molecular complexity index is 663. The predicted octanol–water partition coefficient (Wildman–Crippen LogP) is 1.48. The molecule has 0 radical (unpaired) electrons. The highest BCUT2D eigenvalue weighted by molar-refractivity contribution is 5.83. The number of nitrogens with zero attached hydrogens (tertiary/aromatic N) is 2.